The average molecular weight is 462 g/mol. The van der Waals surface area contributed by atoms with Gasteiger partial charge in [-0.15, -0.1) is 0 Å². The Morgan fingerprint density at radius 2 is 1.62 bits per heavy atom. The lowest BCUT2D eigenvalue weighted by atomic mass is 10.1. The monoisotopic (exact) mass is 461 g/mol. The van der Waals surface area contributed by atoms with E-state index in [1.54, 1.807) is 6.07 Å². The van der Waals surface area contributed by atoms with Gasteiger partial charge >= 0.3 is 6.18 Å². The van der Waals surface area contributed by atoms with Gasteiger partial charge in [0.2, 0.25) is 5.95 Å². The third-order valence-corrected chi connectivity index (χ3v) is 5.86. The molecular weight excluding hydrogens is 439 g/mol. The summed E-state index contributed by atoms with van der Waals surface area (Å²) in [6.07, 6.45) is -4.37. The van der Waals surface area contributed by atoms with E-state index >= 15 is 0 Å². The highest BCUT2D eigenvalue weighted by Crippen LogP contribution is 2.31. The Bertz CT molecular complexity index is 1060. The van der Waals surface area contributed by atoms with Crippen molar-refractivity contribution in [1.82, 2.24) is 14.9 Å². The summed E-state index contributed by atoms with van der Waals surface area (Å²) < 4.78 is 38.6. The number of nitrogens with two attached hydrogens (primary N) is 1. The Hall–Kier alpha value is -2.68. The number of benzene rings is 2. The fourth-order valence-electron chi connectivity index (χ4n) is 3.68. The predicted molar refractivity (Wildman–Crippen MR) is 119 cm³/mol. The lowest BCUT2D eigenvalue weighted by molar-refractivity contribution is -0.137. The van der Waals surface area contributed by atoms with Crippen molar-refractivity contribution in [3.8, 4) is 11.3 Å². The molecule has 1 aliphatic rings. The number of rotatable bonds is 5. The third kappa shape index (κ3) is 5.20. The van der Waals surface area contributed by atoms with Gasteiger partial charge in [0.25, 0.3) is 0 Å². The van der Waals surface area contributed by atoms with E-state index in [1.807, 2.05) is 24.3 Å². The largest absolute Gasteiger partial charge is 0.416 e. The first kappa shape index (κ1) is 22.5. The Balaban J connectivity index is 1.49. The highest BCUT2D eigenvalue weighted by molar-refractivity contribution is 6.31. The Morgan fingerprint density at radius 3 is 2.25 bits per heavy atom. The molecule has 4 rings (SSSR count). The summed E-state index contributed by atoms with van der Waals surface area (Å²) in [6, 6.07) is 14.5. The number of piperazine rings is 1. The molecule has 3 aromatic rings. The van der Waals surface area contributed by atoms with Gasteiger partial charge in [-0.2, -0.15) is 13.2 Å². The molecule has 1 aliphatic heterocycles. The normalized spacial score (nSPS) is 15.2. The minimum Gasteiger partial charge on any atom is -0.338 e. The molecule has 2 aromatic carbocycles. The molecule has 0 atom stereocenters. The molecule has 0 aliphatic carbocycles. The second kappa shape index (κ2) is 9.44. The molecule has 1 fully saturated rings. The summed E-state index contributed by atoms with van der Waals surface area (Å²) in [5.41, 5.74) is 8.01. The summed E-state index contributed by atoms with van der Waals surface area (Å²) in [5.74, 6) is 0.542. The van der Waals surface area contributed by atoms with Gasteiger partial charge in [0.1, 0.15) is 0 Å². The number of halogens is 4. The maximum absolute atomic E-state index is 12.9. The molecule has 0 unspecified atom stereocenters. The highest BCUT2D eigenvalue weighted by atomic mass is 35.5. The second-order valence-corrected chi connectivity index (χ2v) is 8.09. The summed E-state index contributed by atoms with van der Waals surface area (Å²) in [7, 11) is 0. The molecule has 0 bridgehead atoms. The van der Waals surface area contributed by atoms with Crippen molar-refractivity contribution in [3.63, 3.8) is 0 Å². The number of nitrogens with zero attached hydrogens (tertiary/aromatic N) is 4. The van der Waals surface area contributed by atoms with Gasteiger partial charge in [-0.3, -0.25) is 4.90 Å². The van der Waals surface area contributed by atoms with Crippen LogP contribution in [0.25, 0.3) is 11.3 Å². The molecule has 0 amide bonds. The molecule has 1 aromatic heterocycles. The van der Waals surface area contributed by atoms with Crippen LogP contribution in [0.4, 0.5) is 19.1 Å². The van der Waals surface area contributed by atoms with Crippen LogP contribution in [-0.2, 0) is 19.3 Å². The van der Waals surface area contributed by atoms with Gasteiger partial charge in [-0.25, -0.2) is 9.97 Å². The van der Waals surface area contributed by atoms with E-state index in [4.69, 9.17) is 17.3 Å². The molecule has 1 saturated heterocycles. The Labute approximate surface area is 189 Å². The fourth-order valence-corrected chi connectivity index (χ4v) is 3.88. The van der Waals surface area contributed by atoms with Crippen LogP contribution in [0.2, 0.25) is 5.02 Å². The highest BCUT2D eigenvalue weighted by Gasteiger charge is 2.30. The Morgan fingerprint density at radius 1 is 0.938 bits per heavy atom. The average Bonchev–Trinajstić information content (AvgIpc) is 2.80. The van der Waals surface area contributed by atoms with E-state index in [1.165, 1.54) is 12.1 Å². The van der Waals surface area contributed by atoms with Crippen LogP contribution in [0, 0.1) is 0 Å². The van der Waals surface area contributed by atoms with Crippen LogP contribution in [0.15, 0.2) is 54.6 Å². The van der Waals surface area contributed by atoms with Gasteiger partial charge in [-0.1, -0.05) is 41.9 Å². The topological polar surface area (TPSA) is 58.3 Å². The molecule has 168 valence electrons. The molecular formula is C23H23ClF3N5. The standard InChI is InChI=1S/C23H23ClF3N5/c24-20-4-2-1-3-17(20)15-31-9-11-32(12-10-31)22-29-19(14-28)13-21(30-22)16-5-7-18(8-6-16)23(25,26)27/h1-8,13H,9-12,14-15,28H2. The first-order chi connectivity index (χ1) is 15.3. The van der Waals surface area contributed by atoms with Crippen molar-refractivity contribution < 1.29 is 13.2 Å². The van der Waals surface area contributed by atoms with Crippen molar-refractivity contribution >= 4 is 17.5 Å². The van der Waals surface area contributed by atoms with Crippen molar-refractivity contribution in [3.05, 3.63) is 76.4 Å². The van der Waals surface area contributed by atoms with E-state index in [0.29, 0.717) is 22.9 Å². The van der Waals surface area contributed by atoms with Gasteiger partial charge in [-0.05, 0) is 29.8 Å². The van der Waals surface area contributed by atoms with Crippen LogP contribution in [0.5, 0.6) is 0 Å². The zero-order valence-electron chi connectivity index (χ0n) is 17.3. The maximum atomic E-state index is 12.9. The maximum Gasteiger partial charge on any atom is 0.416 e. The van der Waals surface area contributed by atoms with Gasteiger partial charge in [0.05, 0.1) is 17.0 Å². The van der Waals surface area contributed by atoms with Crippen LogP contribution >= 0.6 is 11.6 Å². The van der Waals surface area contributed by atoms with Gasteiger partial charge < -0.3 is 10.6 Å². The number of alkyl halides is 3. The lowest BCUT2D eigenvalue weighted by Gasteiger charge is -2.35. The van der Waals surface area contributed by atoms with Crippen molar-refractivity contribution in [2.24, 2.45) is 5.73 Å². The molecule has 2 N–H and O–H groups in total. The number of anilines is 1. The van der Waals surface area contributed by atoms with Crippen molar-refractivity contribution in [2.75, 3.05) is 31.1 Å². The summed E-state index contributed by atoms with van der Waals surface area (Å²) in [4.78, 5) is 13.6. The molecule has 0 radical (unpaired) electrons. The summed E-state index contributed by atoms with van der Waals surface area (Å²) >= 11 is 6.28. The molecule has 32 heavy (non-hydrogen) atoms. The summed E-state index contributed by atoms with van der Waals surface area (Å²) in [6.45, 7) is 4.08. The molecule has 2 heterocycles. The van der Waals surface area contributed by atoms with Gasteiger partial charge in [0.15, 0.2) is 0 Å². The van der Waals surface area contributed by atoms with E-state index in [-0.39, 0.29) is 6.54 Å². The first-order valence-electron chi connectivity index (χ1n) is 10.3. The van der Waals surface area contributed by atoms with E-state index < -0.39 is 11.7 Å². The first-order valence-corrected chi connectivity index (χ1v) is 10.7. The minimum absolute atomic E-state index is 0.218. The number of aromatic nitrogens is 2. The molecule has 9 heteroatoms. The molecule has 0 saturated carbocycles. The second-order valence-electron chi connectivity index (χ2n) is 7.68. The SMILES string of the molecule is NCc1cc(-c2ccc(C(F)(F)F)cc2)nc(N2CCN(Cc3ccccc3Cl)CC2)n1. The van der Waals surface area contributed by atoms with E-state index in [2.05, 4.69) is 19.8 Å². The van der Waals surface area contributed by atoms with Crippen LogP contribution < -0.4 is 10.6 Å². The zero-order chi connectivity index (χ0) is 22.7. The zero-order valence-corrected chi connectivity index (χ0v) is 18.1. The summed E-state index contributed by atoms with van der Waals surface area (Å²) in [5, 5.41) is 0.759. The number of hydrogen-bond acceptors (Lipinski definition) is 5. The quantitative estimate of drug-likeness (QED) is 0.602. The molecule has 5 nitrogen and oxygen atoms in total. The van der Waals surface area contributed by atoms with Crippen molar-refractivity contribution in [2.45, 2.75) is 19.3 Å². The minimum atomic E-state index is -4.37. The third-order valence-electron chi connectivity index (χ3n) is 5.49. The predicted octanol–water partition coefficient (Wildman–Crippen LogP) is 4.60. The van der Waals surface area contributed by atoms with Gasteiger partial charge in [0, 0.05) is 49.9 Å². The molecule has 0 spiro atoms. The lowest BCUT2D eigenvalue weighted by Crippen LogP contribution is -2.46. The van der Waals surface area contributed by atoms with Crippen LogP contribution in [-0.4, -0.2) is 41.0 Å². The van der Waals surface area contributed by atoms with Crippen LogP contribution in [0.1, 0.15) is 16.8 Å². The van der Waals surface area contributed by atoms with Crippen molar-refractivity contribution in [1.29, 1.82) is 0 Å². The number of hydrogen-bond donors (Lipinski definition) is 1. The van der Waals surface area contributed by atoms with E-state index in [0.717, 1.165) is 55.4 Å². The fraction of sp³-hybridized carbons (Fsp3) is 0.304. The Kier molecular flexibility index (Phi) is 6.64. The van der Waals surface area contributed by atoms with E-state index in [9.17, 15) is 13.2 Å². The van der Waals surface area contributed by atoms with Crippen LogP contribution in [0.3, 0.4) is 0 Å². The smallest absolute Gasteiger partial charge is 0.338 e.